The molecule has 0 amide bonds. The number of aromatic nitrogens is 2. The maximum absolute atomic E-state index is 12.8. The highest BCUT2D eigenvalue weighted by Crippen LogP contribution is 2.09. The number of hydrazine groups is 1. The molecule has 0 fully saturated rings. The molecule has 2 aromatic rings. The smallest absolute Gasteiger partial charge is 0.123 e. The minimum Gasteiger partial charge on any atom is -0.276 e. The highest BCUT2D eigenvalue weighted by Gasteiger charge is 2.10. The lowest BCUT2D eigenvalue weighted by molar-refractivity contribution is 0.521. The van der Waals surface area contributed by atoms with Crippen LogP contribution in [-0.4, -0.2) is 15.8 Å². The predicted octanol–water partition coefficient (Wildman–Crippen LogP) is 1.18. The van der Waals surface area contributed by atoms with E-state index < -0.39 is 0 Å². The lowest BCUT2D eigenvalue weighted by Gasteiger charge is -2.14. The van der Waals surface area contributed by atoms with Crippen molar-refractivity contribution in [2.24, 2.45) is 12.9 Å². The van der Waals surface area contributed by atoms with Gasteiger partial charge in [0.1, 0.15) is 5.82 Å². The molecule has 4 nitrogen and oxygen atoms in total. The Morgan fingerprint density at radius 3 is 2.50 bits per heavy atom. The van der Waals surface area contributed by atoms with Crippen LogP contribution in [0.5, 0.6) is 0 Å². The van der Waals surface area contributed by atoms with E-state index >= 15 is 0 Å². The Morgan fingerprint density at radius 2 is 1.94 bits per heavy atom. The minimum atomic E-state index is -0.219. The summed E-state index contributed by atoms with van der Waals surface area (Å²) in [5.41, 5.74) is 4.98. The van der Waals surface area contributed by atoms with Crippen LogP contribution in [0.4, 0.5) is 4.39 Å². The van der Waals surface area contributed by atoms with Crippen LogP contribution in [-0.2, 0) is 19.9 Å². The van der Waals surface area contributed by atoms with E-state index in [0.717, 1.165) is 24.0 Å². The van der Waals surface area contributed by atoms with E-state index in [1.165, 1.54) is 12.1 Å². The summed E-state index contributed by atoms with van der Waals surface area (Å²) in [7, 11) is 1.88. The molecule has 0 radical (unpaired) electrons. The first-order valence-corrected chi connectivity index (χ1v) is 5.85. The van der Waals surface area contributed by atoms with Crippen molar-refractivity contribution in [3.63, 3.8) is 0 Å². The third kappa shape index (κ3) is 3.38. The molecule has 2 rings (SSSR count). The van der Waals surface area contributed by atoms with E-state index in [9.17, 15) is 4.39 Å². The fraction of sp³-hybridized carbons (Fsp3) is 0.308. The molecular weight excluding hydrogens is 231 g/mol. The van der Waals surface area contributed by atoms with E-state index in [1.54, 1.807) is 16.8 Å². The van der Waals surface area contributed by atoms with Crippen LogP contribution in [0.15, 0.2) is 36.7 Å². The number of nitrogens with zero attached hydrogens (tertiary/aromatic N) is 2. The van der Waals surface area contributed by atoms with E-state index in [0.29, 0.717) is 0 Å². The summed E-state index contributed by atoms with van der Waals surface area (Å²) in [5, 5.41) is 4.12. The highest BCUT2D eigenvalue weighted by atomic mass is 19.1. The van der Waals surface area contributed by atoms with Crippen LogP contribution < -0.4 is 11.3 Å². The van der Waals surface area contributed by atoms with Gasteiger partial charge >= 0.3 is 0 Å². The van der Waals surface area contributed by atoms with Gasteiger partial charge in [-0.3, -0.25) is 16.0 Å². The lowest BCUT2D eigenvalue weighted by Crippen LogP contribution is -2.38. The summed E-state index contributed by atoms with van der Waals surface area (Å²) >= 11 is 0. The Kier molecular flexibility index (Phi) is 4.07. The molecular formula is C13H17FN4. The summed E-state index contributed by atoms with van der Waals surface area (Å²) in [6.45, 7) is 0. The fourth-order valence-electron chi connectivity index (χ4n) is 1.96. The monoisotopic (exact) mass is 248 g/mol. The van der Waals surface area contributed by atoms with E-state index in [-0.39, 0.29) is 11.9 Å². The first-order valence-electron chi connectivity index (χ1n) is 5.85. The quantitative estimate of drug-likeness (QED) is 0.617. The Morgan fingerprint density at radius 1 is 1.28 bits per heavy atom. The van der Waals surface area contributed by atoms with Crippen molar-refractivity contribution in [3.8, 4) is 0 Å². The SMILES string of the molecule is Cn1cc(CC(Cc2ccc(F)cc2)NN)cn1. The minimum absolute atomic E-state index is 0.111. The van der Waals surface area contributed by atoms with Crippen molar-refractivity contribution < 1.29 is 4.39 Å². The van der Waals surface area contributed by atoms with Gasteiger partial charge in [0.2, 0.25) is 0 Å². The molecule has 0 saturated carbocycles. The van der Waals surface area contributed by atoms with Crippen LogP contribution in [0.2, 0.25) is 0 Å². The Bertz CT molecular complexity index is 492. The number of nitrogens with two attached hydrogens (primary N) is 1. The highest BCUT2D eigenvalue weighted by molar-refractivity contribution is 5.18. The molecule has 3 N–H and O–H groups in total. The number of aryl methyl sites for hydroxylation is 1. The molecule has 1 atom stereocenters. The second-order valence-corrected chi connectivity index (χ2v) is 4.42. The zero-order valence-electron chi connectivity index (χ0n) is 10.3. The maximum Gasteiger partial charge on any atom is 0.123 e. The Labute approximate surface area is 106 Å². The van der Waals surface area contributed by atoms with Crippen LogP contribution in [0.1, 0.15) is 11.1 Å². The number of benzene rings is 1. The van der Waals surface area contributed by atoms with Gasteiger partial charge in [-0.15, -0.1) is 0 Å². The topological polar surface area (TPSA) is 55.9 Å². The fourth-order valence-corrected chi connectivity index (χ4v) is 1.96. The van der Waals surface area contributed by atoms with Crippen molar-refractivity contribution in [1.29, 1.82) is 0 Å². The number of halogens is 1. The molecule has 0 bridgehead atoms. The average Bonchev–Trinajstić information content (AvgIpc) is 2.77. The van der Waals surface area contributed by atoms with Gasteiger partial charge in [-0.1, -0.05) is 12.1 Å². The van der Waals surface area contributed by atoms with Gasteiger partial charge in [0.25, 0.3) is 0 Å². The lowest BCUT2D eigenvalue weighted by atomic mass is 10.0. The Balaban J connectivity index is 1.99. The van der Waals surface area contributed by atoms with E-state index in [1.807, 2.05) is 19.4 Å². The van der Waals surface area contributed by atoms with Gasteiger partial charge in [-0.05, 0) is 36.1 Å². The average molecular weight is 248 g/mol. The van der Waals surface area contributed by atoms with Crippen molar-refractivity contribution in [3.05, 3.63) is 53.6 Å². The van der Waals surface area contributed by atoms with Crippen LogP contribution in [0, 0.1) is 5.82 Å². The number of nitrogens with one attached hydrogen (secondary N) is 1. The Hall–Kier alpha value is -1.72. The van der Waals surface area contributed by atoms with Crippen molar-refractivity contribution in [2.45, 2.75) is 18.9 Å². The van der Waals surface area contributed by atoms with Gasteiger partial charge in [-0.25, -0.2) is 4.39 Å². The van der Waals surface area contributed by atoms with Crippen molar-refractivity contribution in [1.82, 2.24) is 15.2 Å². The zero-order chi connectivity index (χ0) is 13.0. The van der Waals surface area contributed by atoms with E-state index in [2.05, 4.69) is 10.5 Å². The number of rotatable bonds is 5. The van der Waals surface area contributed by atoms with Gasteiger partial charge in [0, 0.05) is 19.3 Å². The molecule has 96 valence electrons. The first-order chi connectivity index (χ1) is 8.67. The van der Waals surface area contributed by atoms with Crippen molar-refractivity contribution >= 4 is 0 Å². The normalized spacial score (nSPS) is 12.6. The van der Waals surface area contributed by atoms with Gasteiger partial charge < -0.3 is 0 Å². The molecule has 18 heavy (non-hydrogen) atoms. The zero-order valence-corrected chi connectivity index (χ0v) is 10.3. The third-order valence-corrected chi connectivity index (χ3v) is 2.87. The summed E-state index contributed by atoms with van der Waals surface area (Å²) in [4.78, 5) is 0. The maximum atomic E-state index is 12.8. The van der Waals surface area contributed by atoms with E-state index in [4.69, 9.17) is 5.84 Å². The van der Waals surface area contributed by atoms with Crippen LogP contribution in [0.25, 0.3) is 0 Å². The van der Waals surface area contributed by atoms with Gasteiger partial charge in [0.05, 0.1) is 6.20 Å². The molecule has 1 aromatic heterocycles. The summed E-state index contributed by atoms with van der Waals surface area (Å²) in [6, 6.07) is 6.60. The molecule has 0 spiro atoms. The molecule has 1 unspecified atom stereocenters. The standard InChI is InChI=1S/C13H17FN4/c1-18-9-11(8-16-18)7-13(17-15)6-10-2-4-12(14)5-3-10/h2-5,8-9,13,17H,6-7,15H2,1H3. The second kappa shape index (κ2) is 5.75. The third-order valence-electron chi connectivity index (χ3n) is 2.87. The molecule has 1 aromatic carbocycles. The summed E-state index contributed by atoms with van der Waals surface area (Å²) < 4.78 is 14.6. The van der Waals surface area contributed by atoms with Crippen LogP contribution >= 0.6 is 0 Å². The molecule has 0 aliphatic heterocycles. The molecule has 0 aliphatic rings. The van der Waals surface area contributed by atoms with Gasteiger partial charge in [-0.2, -0.15) is 5.10 Å². The van der Waals surface area contributed by atoms with Crippen LogP contribution in [0.3, 0.4) is 0 Å². The molecule has 1 heterocycles. The summed E-state index contributed by atoms with van der Waals surface area (Å²) in [6.07, 6.45) is 5.34. The molecule has 0 aliphatic carbocycles. The first kappa shape index (κ1) is 12.7. The number of hydrogen-bond donors (Lipinski definition) is 2. The predicted molar refractivity (Wildman–Crippen MR) is 68.1 cm³/mol. The van der Waals surface area contributed by atoms with Crippen molar-refractivity contribution in [2.75, 3.05) is 0 Å². The summed E-state index contributed by atoms with van der Waals surface area (Å²) in [5.74, 6) is 5.33. The second-order valence-electron chi connectivity index (χ2n) is 4.42. The largest absolute Gasteiger partial charge is 0.276 e. The number of hydrogen-bond acceptors (Lipinski definition) is 3. The van der Waals surface area contributed by atoms with Gasteiger partial charge in [0.15, 0.2) is 0 Å². The molecule has 5 heteroatoms. The molecule has 0 saturated heterocycles.